The van der Waals surface area contributed by atoms with Crippen LogP contribution in [0.4, 0.5) is 0 Å². The van der Waals surface area contributed by atoms with Gasteiger partial charge >= 0.3 is 5.69 Å². The molecule has 4 aromatic heterocycles. The number of H-pyrrole nitrogens is 1. The Kier molecular flexibility index (Phi) is 3.40. The molecule has 0 unspecified atom stereocenters. The first kappa shape index (κ1) is 15.8. The van der Waals surface area contributed by atoms with Crippen molar-refractivity contribution in [3.63, 3.8) is 0 Å². The summed E-state index contributed by atoms with van der Waals surface area (Å²) in [5.41, 5.74) is 1.12. The van der Waals surface area contributed by atoms with Crippen LogP contribution < -0.4 is 15.9 Å². The van der Waals surface area contributed by atoms with Gasteiger partial charge in [0.25, 0.3) is 0 Å². The first-order valence-corrected chi connectivity index (χ1v) is 8.89. The van der Waals surface area contributed by atoms with Crippen LogP contribution in [0.5, 0.6) is 5.75 Å². The molecule has 27 heavy (non-hydrogen) atoms. The average molecular weight is 363 g/mol. The molecular weight excluding hydrogens is 346 g/mol. The first-order valence-electron chi connectivity index (χ1n) is 8.89. The van der Waals surface area contributed by atoms with E-state index in [1.165, 1.54) is 4.57 Å². The number of hydrogen-bond donors (Lipinski definition) is 1. The second-order valence-electron chi connectivity index (χ2n) is 6.76. The van der Waals surface area contributed by atoms with Gasteiger partial charge in [0.15, 0.2) is 11.1 Å². The number of aryl methyl sites for hydroxylation is 1. The lowest BCUT2D eigenvalue weighted by atomic mass is 10.2. The number of aromatic nitrogens is 5. The van der Waals surface area contributed by atoms with Crippen molar-refractivity contribution in [1.29, 1.82) is 0 Å². The fourth-order valence-corrected chi connectivity index (χ4v) is 3.61. The molecule has 8 nitrogen and oxygen atoms in total. The number of rotatable bonds is 0. The fraction of sp³-hybridized carbons (Fsp3) is 0.263. The van der Waals surface area contributed by atoms with Gasteiger partial charge in [-0.25, -0.2) is 19.3 Å². The molecule has 8 heteroatoms. The quantitative estimate of drug-likeness (QED) is 0.515. The van der Waals surface area contributed by atoms with E-state index in [1.807, 2.05) is 11.5 Å². The van der Waals surface area contributed by atoms with E-state index in [0.717, 1.165) is 12.8 Å². The minimum absolute atomic E-state index is 0.0327. The summed E-state index contributed by atoms with van der Waals surface area (Å²) in [4.78, 5) is 36.5. The minimum Gasteiger partial charge on any atom is -0.488 e. The Morgan fingerprint density at radius 3 is 3.00 bits per heavy atom. The zero-order chi connectivity index (χ0) is 18.5. The second-order valence-corrected chi connectivity index (χ2v) is 6.76. The summed E-state index contributed by atoms with van der Waals surface area (Å²) in [6.07, 6.45) is 5.03. The van der Waals surface area contributed by atoms with Gasteiger partial charge in [-0.15, -0.1) is 0 Å². The number of imidazole rings is 1. The number of nitrogens with one attached hydrogen (secondary N) is 1. The smallest absolute Gasteiger partial charge is 0.333 e. The highest BCUT2D eigenvalue weighted by atomic mass is 16.5. The summed E-state index contributed by atoms with van der Waals surface area (Å²) in [6.45, 7) is 2.72. The lowest BCUT2D eigenvalue weighted by molar-refractivity contribution is 0.207. The van der Waals surface area contributed by atoms with Crippen LogP contribution in [-0.4, -0.2) is 30.2 Å². The highest BCUT2D eigenvalue weighted by Gasteiger charge is 2.19. The molecule has 5 rings (SSSR count). The second kappa shape index (κ2) is 5.80. The van der Waals surface area contributed by atoms with Crippen molar-refractivity contribution in [2.24, 2.45) is 0 Å². The van der Waals surface area contributed by atoms with Crippen molar-refractivity contribution in [2.45, 2.75) is 32.4 Å². The third kappa shape index (κ3) is 2.44. The van der Waals surface area contributed by atoms with Crippen LogP contribution in [0.15, 0.2) is 46.2 Å². The van der Waals surface area contributed by atoms with E-state index < -0.39 is 0 Å². The molecule has 5 heterocycles. The SMILES string of the molecule is C[C@@H]1CCCn2ccc(=O)c3ccc(nc32)-n2c(=O)[nH]c3nccc(c32)O1. The van der Waals surface area contributed by atoms with Gasteiger partial charge in [-0.05, 0) is 31.9 Å². The van der Waals surface area contributed by atoms with Crippen LogP contribution in [0.2, 0.25) is 0 Å². The lowest BCUT2D eigenvalue weighted by Crippen LogP contribution is -2.20. The molecule has 0 fully saturated rings. The minimum atomic E-state index is -0.352. The van der Waals surface area contributed by atoms with E-state index in [4.69, 9.17) is 4.74 Å². The topological polar surface area (TPSA) is 94.8 Å². The summed E-state index contributed by atoms with van der Waals surface area (Å²) in [5, 5.41) is 0.536. The number of ether oxygens (including phenoxy) is 1. The normalized spacial score (nSPS) is 16.9. The van der Waals surface area contributed by atoms with Gasteiger partial charge in [0.05, 0.1) is 11.5 Å². The van der Waals surface area contributed by atoms with Gasteiger partial charge in [-0.2, -0.15) is 0 Å². The Hall–Kier alpha value is -3.42. The first-order chi connectivity index (χ1) is 13.1. The molecule has 0 saturated carbocycles. The summed E-state index contributed by atoms with van der Waals surface area (Å²) in [6, 6.07) is 6.70. The van der Waals surface area contributed by atoms with Crippen molar-refractivity contribution >= 4 is 22.2 Å². The Labute approximate surface area is 153 Å². The molecule has 136 valence electrons. The Bertz CT molecular complexity index is 1300. The molecule has 0 aromatic carbocycles. The number of nitrogens with zero attached hydrogens (tertiary/aromatic N) is 4. The predicted molar refractivity (Wildman–Crippen MR) is 101 cm³/mol. The van der Waals surface area contributed by atoms with Crippen molar-refractivity contribution in [3.05, 3.63) is 57.4 Å². The van der Waals surface area contributed by atoms with Crippen LogP contribution in [0.1, 0.15) is 19.8 Å². The maximum absolute atomic E-state index is 12.7. The summed E-state index contributed by atoms with van der Waals surface area (Å²) in [5.74, 6) is 1.00. The highest BCUT2D eigenvalue weighted by molar-refractivity contribution is 5.81. The Balaban J connectivity index is 1.90. The molecule has 1 atom stereocenters. The number of aromatic amines is 1. The molecule has 0 spiro atoms. The lowest BCUT2D eigenvalue weighted by Gasteiger charge is -2.18. The van der Waals surface area contributed by atoms with E-state index in [9.17, 15) is 9.59 Å². The van der Waals surface area contributed by atoms with Gasteiger partial charge in [0.1, 0.15) is 22.7 Å². The zero-order valence-corrected chi connectivity index (χ0v) is 14.7. The number of hydrogen-bond acceptors (Lipinski definition) is 5. The largest absolute Gasteiger partial charge is 0.488 e. The average Bonchev–Trinajstić information content (AvgIpc) is 2.99. The fourth-order valence-electron chi connectivity index (χ4n) is 3.61. The van der Waals surface area contributed by atoms with Gasteiger partial charge in [0, 0.05) is 31.1 Å². The maximum Gasteiger partial charge on any atom is 0.333 e. The summed E-state index contributed by atoms with van der Waals surface area (Å²) in [7, 11) is 0. The Morgan fingerprint density at radius 1 is 1.22 bits per heavy atom. The van der Waals surface area contributed by atoms with Crippen molar-refractivity contribution in [1.82, 2.24) is 24.1 Å². The molecule has 0 amide bonds. The Morgan fingerprint density at radius 2 is 2.11 bits per heavy atom. The third-order valence-electron chi connectivity index (χ3n) is 4.91. The van der Waals surface area contributed by atoms with E-state index in [1.54, 1.807) is 36.7 Å². The van der Waals surface area contributed by atoms with Gasteiger partial charge < -0.3 is 9.30 Å². The van der Waals surface area contributed by atoms with Crippen LogP contribution in [-0.2, 0) is 6.54 Å². The molecular formula is C19H17N5O3. The van der Waals surface area contributed by atoms with Crippen molar-refractivity contribution < 1.29 is 4.74 Å². The zero-order valence-electron chi connectivity index (χ0n) is 14.7. The standard InChI is InChI=1S/C19H17N5O3/c1-11-3-2-9-23-10-7-13(25)12-4-5-15(21-18(12)23)24-16-14(27-11)6-8-20-17(16)22-19(24)26/h4-8,10-11H,2-3,9H2,1H3,(H,20,22,26)/t11-/m1/s1. The van der Waals surface area contributed by atoms with E-state index >= 15 is 0 Å². The summed E-state index contributed by atoms with van der Waals surface area (Å²) >= 11 is 0. The molecule has 1 N–H and O–H groups in total. The molecule has 0 radical (unpaired) electrons. The molecule has 0 aliphatic carbocycles. The van der Waals surface area contributed by atoms with Gasteiger partial charge in [0.2, 0.25) is 0 Å². The van der Waals surface area contributed by atoms with E-state index in [-0.39, 0.29) is 17.2 Å². The highest BCUT2D eigenvalue weighted by Crippen LogP contribution is 2.26. The molecule has 0 saturated heterocycles. The molecule has 4 aromatic rings. The van der Waals surface area contributed by atoms with Gasteiger partial charge in [-0.3, -0.25) is 9.78 Å². The predicted octanol–water partition coefficient (Wildman–Crippen LogP) is 1.98. The van der Waals surface area contributed by atoms with Crippen LogP contribution in [0, 0.1) is 0 Å². The van der Waals surface area contributed by atoms with Crippen LogP contribution >= 0.6 is 0 Å². The number of fused-ring (bicyclic) bond motifs is 2. The van der Waals surface area contributed by atoms with E-state index in [2.05, 4.69) is 15.0 Å². The van der Waals surface area contributed by atoms with Crippen molar-refractivity contribution in [2.75, 3.05) is 0 Å². The third-order valence-corrected chi connectivity index (χ3v) is 4.91. The number of pyridine rings is 3. The van der Waals surface area contributed by atoms with Crippen LogP contribution in [0.3, 0.4) is 0 Å². The van der Waals surface area contributed by atoms with Crippen molar-refractivity contribution in [3.8, 4) is 11.6 Å². The van der Waals surface area contributed by atoms with Crippen LogP contribution in [0.25, 0.3) is 28.0 Å². The maximum atomic E-state index is 12.7. The summed E-state index contributed by atoms with van der Waals surface area (Å²) < 4.78 is 9.51. The van der Waals surface area contributed by atoms with E-state index in [0.29, 0.717) is 40.3 Å². The molecule has 1 aliphatic rings. The monoisotopic (exact) mass is 363 g/mol. The molecule has 1 aliphatic heterocycles. The molecule has 2 bridgehead atoms. The van der Waals surface area contributed by atoms with Gasteiger partial charge in [-0.1, -0.05) is 0 Å².